The Hall–Kier alpha value is -4.47. The van der Waals surface area contributed by atoms with Gasteiger partial charge in [0.1, 0.15) is 11.5 Å². The highest BCUT2D eigenvalue weighted by Gasteiger charge is 2.46. The van der Waals surface area contributed by atoms with Crippen LogP contribution in [0.15, 0.2) is 60.7 Å². The normalized spacial score (nSPS) is 16.4. The Labute approximate surface area is 227 Å². The smallest absolute Gasteiger partial charge is 0.295 e. The van der Waals surface area contributed by atoms with Gasteiger partial charge in [0.25, 0.3) is 11.7 Å². The minimum absolute atomic E-state index is 0.0236. The van der Waals surface area contributed by atoms with E-state index < -0.39 is 17.7 Å². The van der Waals surface area contributed by atoms with E-state index >= 15 is 0 Å². The zero-order chi connectivity index (χ0) is 27.9. The molecule has 206 valence electrons. The third-order valence-corrected chi connectivity index (χ3v) is 6.50. The van der Waals surface area contributed by atoms with E-state index in [0.717, 1.165) is 6.42 Å². The van der Waals surface area contributed by atoms with Crippen LogP contribution in [0.1, 0.15) is 36.9 Å². The summed E-state index contributed by atoms with van der Waals surface area (Å²) in [6, 6.07) is 9.33. The lowest BCUT2D eigenvalue weighted by Gasteiger charge is -2.26. The molecule has 1 aromatic heterocycles. The first-order valence-electron chi connectivity index (χ1n) is 12.7. The third kappa shape index (κ3) is 5.69. The Bertz CT molecular complexity index is 1330. The minimum Gasteiger partial charge on any atom is -0.507 e. The van der Waals surface area contributed by atoms with Crippen molar-refractivity contribution in [3.05, 3.63) is 71.8 Å². The number of hydrogen-bond acceptors (Lipinski definition) is 8. The molecular weight excluding hydrogens is 502 g/mol. The molecule has 39 heavy (non-hydrogen) atoms. The fourth-order valence-electron chi connectivity index (χ4n) is 4.67. The summed E-state index contributed by atoms with van der Waals surface area (Å²) in [7, 11) is 4.48. The molecule has 10 heteroatoms. The highest BCUT2D eigenvalue weighted by atomic mass is 16.5. The lowest BCUT2D eigenvalue weighted by Crippen LogP contribution is -2.31. The fraction of sp³-hybridized carbons (Fsp3) is 0.345. The summed E-state index contributed by atoms with van der Waals surface area (Å²) in [5, 5.41) is 11.5. The van der Waals surface area contributed by atoms with Crippen molar-refractivity contribution >= 4 is 17.4 Å². The number of imidazole rings is 1. The molecule has 1 saturated heterocycles. The number of aryl methyl sites for hydroxylation is 1. The number of benzene rings is 2. The number of ether oxygens (including phenoxy) is 4. The maximum Gasteiger partial charge on any atom is 0.295 e. The number of aliphatic hydroxyl groups excluding tert-OH is 1. The molecule has 1 atom stereocenters. The van der Waals surface area contributed by atoms with Crippen LogP contribution in [0.3, 0.4) is 0 Å². The third-order valence-electron chi connectivity index (χ3n) is 6.50. The molecule has 4 rings (SSSR count). The monoisotopic (exact) mass is 535 g/mol. The van der Waals surface area contributed by atoms with Gasteiger partial charge in [0.2, 0.25) is 5.75 Å². The first kappa shape index (κ1) is 27.6. The summed E-state index contributed by atoms with van der Waals surface area (Å²) in [6.45, 7) is 3.37. The Kier molecular flexibility index (Phi) is 8.75. The number of nitrogens with zero attached hydrogens (tertiary/aromatic N) is 3. The number of aromatic nitrogens is 2. The first-order valence-corrected chi connectivity index (χ1v) is 12.7. The molecule has 1 unspecified atom stereocenters. The van der Waals surface area contributed by atoms with E-state index in [1.54, 1.807) is 48.9 Å². The summed E-state index contributed by atoms with van der Waals surface area (Å²) in [4.78, 5) is 32.3. The van der Waals surface area contributed by atoms with Crippen LogP contribution in [0.4, 0.5) is 0 Å². The maximum absolute atomic E-state index is 13.5. The van der Waals surface area contributed by atoms with Crippen LogP contribution in [0.25, 0.3) is 5.76 Å². The molecular formula is C29H33N3O7. The van der Waals surface area contributed by atoms with Gasteiger partial charge in [0, 0.05) is 31.0 Å². The largest absolute Gasteiger partial charge is 0.507 e. The zero-order valence-electron chi connectivity index (χ0n) is 22.5. The molecule has 1 aliphatic rings. The second kappa shape index (κ2) is 12.4. The summed E-state index contributed by atoms with van der Waals surface area (Å²) in [5.74, 6) is -0.0859. The number of aliphatic hydroxyl groups is 1. The van der Waals surface area contributed by atoms with Crippen molar-refractivity contribution in [3.63, 3.8) is 0 Å². The van der Waals surface area contributed by atoms with E-state index in [0.29, 0.717) is 53.7 Å². The lowest BCUT2D eigenvalue weighted by molar-refractivity contribution is -0.139. The van der Waals surface area contributed by atoms with Crippen molar-refractivity contribution in [1.82, 2.24) is 14.5 Å². The first-order chi connectivity index (χ1) is 18.9. The van der Waals surface area contributed by atoms with Crippen LogP contribution in [0.5, 0.6) is 23.0 Å². The fourth-order valence-corrected chi connectivity index (χ4v) is 4.67. The molecule has 0 aliphatic carbocycles. The van der Waals surface area contributed by atoms with Gasteiger partial charge in [-0.3, -0.25) is 9.59 Å². The predicted molar refractivity (Wildman–Crippen MR) is 144 cm³/mol. The van der Waals surface area contributed by atoms with Gasteiger partial charge in [0.15, 0.2) is 11.5 Å². The Balaban J connectivity index is 1.82. The van der Waals surface area contributed by atoms with Gasteiger partial charge in [-0.25, -0.2) is 4.98 Å². The van der Waals surface area contributed by atoms with Crippen molar-refractivity contribution in [2.24, 2.45) is 0 Å². The summed E-state index contributed by atoms with van der Waals surface area (Å²) >= 11 is 0. The summed E-state index contributed by atoms with van der Waals surface area (Å²) in [5.41, 5.74) is 0.883. The number of amides is 1. The average Bonchev–Trinajstić information content (AvgIpc) is 3.57. The highest BCUT2D eigenvalue weighted by molar-refractivity contribution is 6.46. The van der Waals surface area contributed by atoms with E-state index in [1.807, 2.05) is 17.7 Å². The number of rotatable bonds is 12. The number of hydrogen-bond donors (Lipinski definition) is 1. The quantitative estimate of drug-likeness (QED) is 0.209. The number of carbonyl (C=O) groups is 2. The molecule has 0 spiro atoms. The van der Waals surface area contributed by atoms with Crippen molar-refractivity contribution in [2.45, 2.75) is 32.4 Å². The van der Waals surface area contributed by atoms with Crippen LogP contribution < -0.4 is 18.9 Å². The zero-order valence-corrected chi connectivity index (χ0v) is 22.5. The minimum atomic E-state index is -0.887. The van der Waals surface area contributed by atoms with Crippen molar-refractivity contribution in [1.29, 1.82) is 0 Å². The molecule has 1 amide bonds. The van der Waals surface area contributed by atoms with Gasteiger partial charge < -0.3 is 33.5 Å². The van der Waals surface area contributed by atoms with Crippen molar-refractivity contribution < 1.29 is 33.6 Å². The number of Topliss-reactive ketones (excluding diaryl/α,β-unsaturated/α-hetero) is 1. The van der Waals surface area contributed by atoms with Crippen LogP contribution >= 0.6 is 0 Å². The van der Waals surface area contributed by atoms with Gasteiger partial charge in [-0.15, -0.1) is 0 Å². The molecule has 0 bridgehead atoms. The Morgan fingerprint density at radius 2 is 1.77 bits per heavy atom. The van der Waals surface area contributed by atoms with Crippen LogP contribution in [-0.4, -0.2) is 65.7 Å². The van der Waals surface area contributed by atoms with E-state index in [9.17, 15) is 14.7 Å². The maximum atomic E-state index is 13.5. The van der Waals surface area contributed by atoms with Gasteiger partial charge >= 0.3 is 0 Å². The van der Waals surface area contributed by atoms with Crippen molar-refractivity contribution in [3.8, 4) is 23.0 Å². The Morgan fingerprint density at radius 3 is 2.38 bits per heavy atom. The number of carbonyl (C=O) groups excluding carboxylic acids is 2. The number of likely N-dealkylation sites (tertiary alicyclic amines) is 1. The SMILES string of the molecule is CCCOc1cccc(/C(O)=C2\C(=O)C(=O)N(CCCn3ccnc3)C2c2cc(OC)c(OC)c(OC)c2)c1. The predicted octanol–water partition coefficient (Wildman–Crippen LogP) is 4.21. The van der Waals surface area contributed by atoms with Crippen LogP contribution in [0, 0.1) is 0 Å². The highest BCUT2D eigenvalue weighted by Crippen LogP contribution is 2.45. The number of methoxy groups -OCH3 is 3. The molecule has 10 nitrogen and oxygen atoms in total. The summed E-state index contributed by atoms with van der Waals surface area (Å²) in [6.07, 6.45) is 6.59. The second-order valence-electron chi connectivity index (χ2n) is 8.98. The lowest BCUT2D eigenvalue weighted by atomic mass is 9.94. The topological polar surface area (TPSA) is 112 Å². The molecule has 1 aliphatic heterocycles. The standard InChI is InChI=1S/C29H33N3O7/c1-5-14-39-21-9-6-8-19(15-21)26(33)24-25(20-16-22(36-2)28(38-4)23(17-20)37-3)32(29(35)27(24)34)12-7-11-31-13-10-30-18-31/h6,8-10,13,15-18,25,33H,5,7,11-12,14H2,1-4H3/b26-24+. The van der Waals surface area contributed by atoms with E-state index in [-0.39, 0.29) is 17.9 Å². The molecule has 2 aromatic carbocycles. The molecule has 2 heterocycles. The van der Waals surface area contributed by atoms with Crippen LogP contribution in [0.2, 0.25) is 0 Å². The van der Waals surface area contributed by atoms with Gasteiger partial charge in [0.05, 0.1) is 45.9 Å². The summed E-state index contributed by atoms with van der Waals surface area (Å²) < 4.78 is 24.1. The second-order valence-corrected chi connectivity index (χ2v) is 8.98. The molecule has 3 aromatic rings. The average molecular weight is 536 g/mol. The molecule has 1 fully saturated rings. The molecule has 0 radical (unpaired) electrons. The van der Waals surface area contributed by atoms with Gasteiger partial charge in [-0.2, -0.15) is 0 Å². The van der Waals surface area contributed by atoms with E-state index in [4.69, 9.17) is 18.9 Å². The van der Waals surface area contributed by atoms with E-state index in [2.05, 4.69) is 4.98 Å². The van der Waals surface area contributed by atoms with Gasteiger partial charge in [-0.05, 0) is 42.7 Å². The Morgan fingerprint density at radius 1 is 1.03 bits per heavy atom. The van der Waals surface area contributed by atoms with Gasteiger partial charge in [-0.1, -0.05) is 19.1 Å². The molecule has 0 saturated carbocycles. The molecule has 1 N–H and O–H groups in total. The van der Waals surface area contributed by atoms with E-state index in [1.165, 1.54) is 26.2 Å². The number of ketones is 1. The van der Waals surface area contributed by atoms with Crippen LogP contribution in [-0.2, 0) is 16.1 Å². The van der Waals surface area contributed by atoms with Crippen molar-refractivity contribution in [2.75, 3.05) is 34.5 Å².